The minimum Gasteiger partial charge on any atom is -0.504 e. The highest BCUT2D eigenvalue weighted by Gasteiger charge is 2.73. The predicted octanol–water partition coefficient (Wildman–Crippen LogP) is 1.88. The van der Waals surface area contributed by atoms with Crippen molar-refractivity contribution in [2.24, 2.45) is 0 Å². The number of hydrogen-bond acceptors (Lipinski definition) is 6. The molecule has 33 heavy (non-hydrogen) atoms. The van der Waals surface area contributed by atoms with Crippen LogP contribution in [-0.2, 0) is 16.6 Å². The fourth-order valence-electron chi connectivity index (χ4n) is 8.26. The Labute approximate surface area is 196 Å². The third-order valence-electron chi connectivity index (χ3n) is 9.78. The maximum atomic E-state index is 13.4. The number of phenolic OH excluding ortho intramolecular Hbond substituents is 1. The van der Waals surface area contributed by atoms with Gasteiger partial charge >= 0.3 is 0 Å². The predicted molar refractivity (Wildman–Crippen MR) is 125 cm³/mol. The molecule has 6 rings (SSSR count). The number of phenols is 1. The molecule has 0 aromatic heterocycles. The number of piperidine rings is 1. The molecule has 3 heterocycles. The van der Waals surface area contributed by atoms with Gasteiger partial charge in [0, 0.05) is 30.7 Å². The van der Waals surface area contributed by atoms with Crippen LogP contribution in [0.15, 0.2) is 12.1 Å². The van der Waals surface area contributed by atoms with Crippen LogP contribution in [0.1, 0.15) is 57.1 Å². The molecule has 1 aromatic rings. The summed E-state index contributed by atoms with van der Waals surface area (Å²) in [5, 5.41) is 23.2. The molecule has 1 spiro atoms. The Morgan fingerprint density at radius 2 is 2.00 bits per heavy atom. The number of carbonyl (C=O) groups excluding carboxylic acids is 1. The lowest BCUT2D eigenvalue weighted by atomic mass is 9.48. The van der Waals surface area contributed by atoms with Crippen molar-refractivity contribution in [2.75, 3.05) is 33.2 Å². The van der Waals surface area contributed by atoms with Crippen LogP contribution >= 0.6 is 0 Å². The van der Waals surface area contributed by atoms with Crippen LogP contribution in [0.2, 0.25) is 0 Å². The molecule has 1 aromatic carbocycles. The van der Waals surface area contributed by atoms with E-state index in [4.69, 9.17) is 4.74 Å². The minimum atomic E-state index is -0.884. The van der Waals surface area contributed by atoms with Gasteiger partial charge in [-0.25, -0.2) is 0 Å². The molecule has 0 radical (unpaired) electrons. The maximum absolute atomic E-state index is 13.4. The molecule has 2 N–H and O–H groups in total. The second-order valence-electron chi connectivity index (χ2n) is 10.8. The van der Waals surface area contributed by atoms with E-state index in [1.54, 1.807) is 6.07 Å². The number of aliphatic hydroxyl groups is 1. The Balaban J connectivity index is 1.45. The number of ether oxygens (including phenoxy) is 1. The number of carbonyl (C=O) groups is 1. The van der Waals surface area contributed by atoms with Gasteiger partial charge in [-0.05, 0) is 84.1 Å². The molecule has 2 saturated heterocycles. The first-order valence-electron chi connectivity index (χ1n) is 12.9. The van der Waals surface area contributed by atoms with E-state index < -0.39 is 11.0 Å². The van der Waals surface area contributed by atoms with E-state index in [1.807, 2.05) is 24.8 Å². The average Bonchev–Trinajstić information content (AvgIpc) is 3.42. The lowest BCUT2D eigenvalue weighted by molar-refractivity contribution is -0.197. The van der Waals surface area contributed by atoms with Gasteiger partial charge in [-0.3, -0.25) is 9.69 Å². The highest BCUT2D eigenvalue weighted by atomic mass is 16.5. The second kappa shape index (κ2) is 7.33. The van der Waals surface area contributed by atoms with E-state index in [9.17, 15) is 15.0 Å². The molecule has 0 unspecified atom stereocenters. The normalized spacial score (nSPS) is 39.3. The number of likely N-dealkylation sites (tertiary alicyclic amines) is 2. The molecule has 180 valence electrons. The first-order chi connectivity index (χ1) is 15.9. The lowest BCUT2D eigenvalue weighted by Gasteiger charge is -2.64. The summed E-state index contributed by atoms with van der Waals surface area (Å²) in [6, 6.07) is 3.76. The van der Waals surface area contributed by atoms with E-state index in [-0.39, 0.29) is 35.9 Å². The quantitative estimate of drug-likeness (QED) is 0.722. The van der Waals surface area contributed by atoms with Gasteiger partial charge in [-0.2, -0.15) is 0 Å². The highest BCUT2D eigenvalue weighted by Crippen LogP contribution is 2.65. The van der Waals surface area contributed by atoms with Crippen molar-refractivity contribution in [2.45, 2.75) is 87.6 Å². The summed E-state index contributed by atoms with van der Waals surface area (Å²) in [6.45, 7) is 7.32. The molecule has 3 aliphatic heterocycles. The molecule has 6 atom stereocenters. The van der Waals surface area contributed by atoms with Crippen LogP contribution in [-0.4, -0.2) is 93.9 Å². The molecular weight excluding hydrogens is 418 g/mol. The molecule has 1 amide bonds. The number of aromatic hydroxyl groups is 1. The Morgan fingerprint density at radius 3 is 2.76 bits per heavy atom. The Morgan fingerprint density at radius 1 is 1.21 bits per heavy atom. The summed E-state index contributed by atoms with van der Waals surface area (Å²) >= 11 is 0. The summed E-state index contributed by atoms with van der Waals surface area (Å²) in [6.07, 6.45) is 4.73. The zero-order valence-corrected chi connectivity index (χ0v) is 20.1. The minimum absolute atomic E-state index is 0.0491. The largest absolute Gasteiger partial charge is 0.504 e. The molecule has 7 nitrogen and oxygen atoms in total. The molecule has 5 aliphatic rings. The number of nitrogens with zero attached hydrogens (tertiary/aromatic N) is 3. The third kappa shape index (κ3) is 2.59. The van der Waals surface area contributed by atoms with Crippen molar-refractivity contribution in [3.05, 3.63) is 23.3 Å². The van der Waals surface area contributed by atoms with Crippen molar-refractivity contribution in [1.29, 1.82) is 0 Å². The van der Waals surface area contributed by atoms with Crippen molar-refractivity contribution >= 4 is 5.91 Å². The molecular formula is C26H37N3O4. The summed E-state index contributed by atoms with van der Waals surface area (Å²) in [5.41, 5.74) is 0.838. The number of likely N-dealkylation sites (N-methyl/N-ethyl adjacent to an activating group) is 2. The molecule has 2 aliphatic carbocycles. The van der Waals surface area contributed by atoms with Crippen LogP contribution in [0.5, 0.6) is 11.5 Å². The monoisotopic (exact) mass is 455 g/mol. The van der Waals surface area contributed by atoms with Crippen molar-refractivity contribution in [3.8, 4) is 11.5 Å². The van der Waals surface area contributed by atoms with Crippen LogP contribution in [0, 0.1) is 0 Å². The van der Waals surface area contributed by atoms with E-state index in [1.165, 1.54) is 5.56 Å². The van der Waals surface area contributed by atoms with Crippen LogP contribution in [0.25, 0.3) is 0 Å². The number of amides is 1. The average molecular weight is 456 g/mol. The van der Waals surface area contributed by atoms with E-state index >= 15 is 0 Å². The highest BCUT2D eigenvalue weighted by molar-refractivity contribution is 5.82. The van der Waals surface area contributed by atoms with Crippen LogP contribution in [0.4, 0.5) is 0 Å². The SMILES string of the molecule is CCN(CC)C(=O)[C@@H]1CCCN1[C@@H]1CC[C@@]2(O)[C@@H]3Cc4ccc(O)c5c4[C@@]2(CCN3C)[C@H]1O5. The second-order valence-corrected chi connectivity index (χ2v) is 10.8. The Kier molecular flexibility index (Phi) is 4.82. The van der Waals surface area contributed by atoms with Gasteiger partial charge in [0.05, 0.1) is 17.1 Å². The smallest absolute Gasteiger partial charge is 0.239 e. The summed E-state index contributed by atoms with van der Waals surface area (Å²) in [4.78, 5) is 20.1. The first-order valence-corrected chi connectivity index (χ1v) is 12.9. The van der Waals surface area contributed by atoms with Gasteiger partial charge in [0.1, 0.15) is 6.10 Å². The Hall–Kier alpha value is -1.83. The van der Waals surface area contributed by atoms with Gasteiger partial charge < -0.3 is 24.7 Å². The zero-order chi connectivity index (χ0) is 23.1. The maximum Gasteiger partial charge on any atom is 0.239 e. The Bertz CT molecular complexity index is 981. The van der Waals surface area contributed by atoms with Gasteiger partial charge in [-0.1, -0.05) is 6.07 Å². The zero-order valence-electron chi connectivity index (χ0n) is 20.1. The van der Waals surface area contributed by atoms with Gasteiger partial charge in [0.2, 0.25) is 5.91 Å². The van der Waals surface area contributed by atoms with E-state index in [0.717, 1.165) is 63.8 Å². The van der Waals surface area contributed by atoms with Gasteiger partial charge in [0.25, 0.3) is 0 Å². The first kappa shape index (κ1) is 21.7. The number of hydrogen-bond donors (Lipinski definition) is 2. The van der Waals surface area contributed by atoms with Crippen molar-refractivity contribution in [3.63, 3.8) is 0 Å². The summed E-state index contributed by atoms with van der Waals surface area (Å²) in [7, 11) is 2.12. The van der Waals surface area contributed by atoms with Gasteiger partial charge in [-0.15, -0.1) is 0 Å². The molecule has 1 saturated carbocycles. The van der Waals surface area contributed by atoms with E-state index in [2.05, 4.69) is 16.8 Å². The topological polar surface area (TPSA) is 76.5 Å². The fourth-order valence-corrected chi connectivity index (χ4v) is 8.26. The third-order valence-corrected chi connectivity index (χ3v) is 9.78. The lowest BCUT2D eigenvalue weighted by Crippen LogP contribution is -2.78. The molecule has 2 bridgehead atoms. The van der Waals surface area contributed by atoms with E-state index in [0.29, 0.717) is 12.2 Å². The number of rotatable bonds is 4. The summed E-state index contributed by atoms with van der Waals surface area (Å²) in [5.74, 6) is 0.976. The molecule has 3 fully saturated rings. The van der Waals surface area contributed by atoms with Gasteiger partial charge in [0.15, 0.2) is 11.5 Å². The standard InChI is InChI=1S/C26H37N3O4/c1-4-28(5-2)24(31)18-7-6-13-29(18)17-10-11-26(32)20-15-16-8-9-19(30)22-21(16)25(26,23(17)33-22)12-14-27(20)3/h8-9,17-18,20,23,30,32H,4-7,10-15H2,1-3H3/t17-,18+,20+,23+,25+,26-/m1/s1. The summed E-state index contributed by atoms with van der Waals surface area (Å²) < 4.78 is 6.68. The van der Waals surface area contributed by atoms with Crippen molar-refractivity contribution < 1.29 is 19.7 Å². The van der Waals surface area contributed by atoms with Crippen molar-refractivity contribution in [1.82, 2.24) is 14.7 Å². The molecule has 7 heteroatoms. The van der Waals surface area contributed by atoms with Crippen LogP contribution < -0.4 is 4.74 Å². The fraction of sp³-hybridized carbons (Fsp3) is 0.731. The number of benzene rings is 1. The van der Waals surface area contributed by atoms with Crippen LogP contribution in [0.3, 0.4) is 0 Å².